The van der Waals surface area contributed by atoms with E-state index in [0.717, 1.165) is 51.1 Å². The Kier molecular flexibility index (Phi) is 6.00. The van der Waals surface area contributed by atoms with Crippen LogP contribution in [0.2, 0.25) is 0 Å². The van der Waals surface area contributed by atoms with Crippen LogP contribution in [0.5, 0.6) is 5.75 Å². The third kappa shape index (κ3) is 4.62. The highest BCUT2D eigenvalue weighted by Crippen LogP contribution is 2.51. The summed E-state index contributed by atoms with van der Waals surface area (Å²) in [5.41, 5.74) is 2.31. The van der Waals surface area contributed by atoms with Crippen LogP contribution in [0.3, 0.4) is 0 Å². The number of likely N-dealkylation sites (N-methyl/N-ethyl adjacent to an activating group) is 1. The van der Waals surface area contributed by atoms with E-state index < -0.39 is 0 Å². The Labute approximate surface area is 248 Å². The minimum Gasteiger partial charge on any atom is -0.480 e. The number of carbonyl (C=O) groups is 1. The van der Waals surface area contributed by atoms with E-state index in [2.05, 4.69) is 45.4 Å². The molecule has 4 aliphatic rings. The second-order valence-corrected chi connectivity index (χ2v) is 12.0. The first-order valence-corrected chi connectivity index (χ1v) is 14.9. The van der Waals surface area contributed by atoms with Gasteiger partial charge in [0.2, 0.25) is 5.95 Å². The molecular formula is C31H33N9O3. The zero-order valence-electron chi connectivity index (χ0n) is 24.1. The Bertz CT molecular complexity index is 1810. The number of benzene rings is 1. The molecule has 6 heterocycles. The van der Waals surface area contributed by atoms with E-state index in [1.165, 1.54) is 5.69 Å². The fourth-order valence-electron chi connectivity index (χ4n) is 6.23. The molecule has 1 saturated carbocycles. The summed E-state index contributed by atoms with van der Waals surface area (Å²) in [6, 6.07) is 11.9. The van der Waals surface area contributed by atoms with E-state index in [9.17, 15) is 9.59 Å². The number of allylic oxidation sites excluding steroid dienone is 2. The van der Waals surface area contributed by atoms with Crippen molar-refractivity contribution in [2.24, 2.45) is 5.41 Å². The second kappa shape index (κ2) is 9.94. The maximum absolute atomic E-state index is 13.6. The smallest absolute Gasteiger partial charge is 0.278 e. The summed E-state index contributed by atoms with van der Waals surface area (Å²) in [7, 11) is 2.15. The number of amides is 1. The molecule has 1 saturated heterocycles. The first-order valence-electron chi connectivity index (χ1n) is 14.9. The lowest BCUT2D eigenvalue weighted by Gasteiger charge is -2.34. The number of nitrogens with zero attached hydrogens (tertiary/aromatic N) is 8. The van der Waals surface area contributed by atoms with Crippen LogP contribution in [0.1, 0.15) is 19.3 Å². The normalized spacial score (nSPS) is 20.3. The van der Waals surface area contributed by atoms with Gasteiger partial charge < -0.3 is 19.9 Å². The van der Waals surface area contributed by atoms with E-state index >= 15 is 0 Å². The highest BCUT2D eigenvalue weighted by atomic mass is 16.5. The molecule has 1 aromatic carbocycles. The van der Waals surface area contributed by atoms with Crippen LogP contribution in [-0.4, -0.2) is 81.5 Å². The average molecular weight is 580 g/mol. The van der Waals surface area contributed by atoms with Crippen molar-refractivity contribution in [3.63, 3.8) is 0 Å². The minimum atomic E-state index is -0.204. The number of carbonyl (C=O) groups excluding carboxylic acids is 1. The van der Waals surface area contributed by atoms with E-state index in [4.69, 9.17) is 14.7 Å². The highest BCUT2D eigenvalue weighted by molar-refractivity contribution is 5.97. The summed E-state index contributed by atoms with van der Waals surface area (Å²) in [6.45, 7) is 5.06. The van der Waals surface area contributed by atoms with Gasteiger partial charge in [-0.1, -0.05) is 12.2 Å². The van der Waals surface area contributed by atoms with Crippen LogP contribution < -0.4 is 25.4 Å². The van der Waals surface area contributed by atoms with Crippen molar-refractivity contribution < 1.29 is 9.53 Å². The predicted octanol–water partition coefficient (Wildman–Crippen LogP) is 2.94. The molecule has 43 heavy (non-hydrogen) atoms. The second-order valence-electron chi connectivity index (χ2n) is 12.0. The van der Waals surface area contributed by atoms with Crippen molar-refractivity contribution in [1.82, 2.24) is 29.2 Å². The number of hydrogen-bond acceptors (Lipinski definition) is 9. The van der Waals surface area contributed by atoms with Gasteiger partial charge in [0.15, 0.2) is 29.6 Å². The molecular weight excluding hydrogens is 546 g/mol. The first kappa shape index (κ1) is 26.0. The average Bonchev–Trinajstić information content (AvgIpc) is 3.73. The van der Waals surface area contributed by atoms with Gasteiger partial charge in [0, 0.05) is 50.3 Å². The number of fused-ring (bicyclic) bond motifs is 5. The largest absolute Gasteiger partial charge is 0.480 e. The zero-order valence-corrected chi connectivity index (χ0v) is 24.1. The van der Waals surface area contributed by atoms with Crippen LogP contribution in [0.25, 0.3) is 16.9 Å². The minimum absolute atomic E-state index is 0.00425. The van der Waals surface area contributed by atoms with Gasteiger partial charge in [-0.3, -0.25) is 14.5 Å². The number of anilines is 4. The van der Waals surface area contributed by atoms with Crippen molar-refractivity contribution in [2.45, 2.75) is 25.8 Å². The van der Waals surface area contributed by atoms with Crippen LogP contribution >= 0.6 is 0 Å². The molecule has 2 fully saturated rings. The maximum atomic E-state index is 13.6. The van der Waals surface area contributed by atoms with Crippen molar-refractivity contribution in [3.8, 4) is 11.6 Å². The topological polar surface area (TPSA) is 114 Å². The Morgan fingerprint density at radius 2 is 1.77 bits per heavy atom. The van der Waals surface area contributed by atoms with Gasteiger partial charge in [-0.2, -0.15) is 4.98 Å². The number of hydrogen-bond donors (Lipinski definition) is 1. The quantitative estimate of drug-likeness (QED) is 0.366. The number of piperazine rings is 1. The van der Waals surface area contributed by atoms with Crippen molar-refractivity contribution in [2.75, 3.05) is 61.5 Å². The van der Waals surface area contributed by atoms with Gasteiger partial charge in [0.05, 0.1) is 6.54 Å². The summed E-state index contributed by atoms with van der Waals surface area (Å²) in [4.78, 5) is 47.3. The molecule has 12 heteroatoms. The third-order valence-corrected chi connectivity index (χ3v) is 9.06. The highest BCUT2D eigenvalue weighted by Gasteiger charge is 2.45. The Morgan fingerprint density at radius 1 is 0.953 bits per heavy atom. The van der Waals surface area contributed by atoms with Gasteiger partial charge in [-0.15, -0.1) is 0 Å². The lowest BCUT2D eigenvalue weighted by Crippen LogP contribution is -2.44. The number of rotatable bonds is 3. The lowest BCUT2D eigenvalue weighted by atomic mass is 10.0. The Morgan fingerprint density at radius 3 is 2.56 bits per heavy atom. The molecule has 1 aliphatic carbocycles. The number of ether oxygens (including phenoxy) is 1. The molecule has 4 aromatic rings. The van der Waals surface area contributed by atoms with Gasteiger partial charge in [0.1, 0.15) is 5.39 Å². The molecule has 3 aliphatic heterocycles. The third-order valence-electron chi connectivity index (χ3n) is 9.06. The monoisotopic (exact) mass is 579 g/mol. The van der Waals surface area contributed by atoms with Crippen molar-refractivity contribution >= 4 is 40.1 Å². The van der Waals surface area contributed by atoms with E-state index in [0.29, 0.717) is 47.5 Å². The van der Waals surface area contributed by atoms with Gasteiger partial charge in [0.25, 0.3) is 11.5 Å². The molecule has 1 N–H and O–H groups in total. The van der Waals surface area contributed by atoms with E-state index in [1.54, 1.807) is 26.5 Å². The first-order chi connectivity index (χ1) is 21.0. The van der Waals surface area contributed by atoms with E-state index in [-0.39, 0.29) is 23.5 Å². The Balaban J connectivity index is 1.17. The maximum Gasteiger partial charge on any atom is 0.278 e. The molecule has 2 bridgehead atoms. The number of pyridine rings is 1. The molecule has 8 rings (SSSR count). The van der Waals surface area contributed by atoms with Crippen molar-refractivity contribution in [1.29, 1.82) is 0 Å². The summed E-state index contributed by atoms with van der Waals surface area (Å²) >= 11 is 0. The standard InChI is InChI=1S/C31H33N9O3/c1-36-14-16-37(17-15-36)22-6-4-21(5-7-22)33-30-32-18-23-27(35-30)40-25-9-8-24-28(34-25)38(26(41)19-43-24)20-31(11-12-31)10-2-3-13-39(40)29(23)42/h2-9,18H,10-17,19-20H2,1H3,(H,32,33,35)/b3-2-. The van der Waals surface area contributed by atoms with Gasteiger partial charge in [-0.05, 0) is 68.1 Å². The van der Waals surface area contributed by atoms with Crippen LogP contribution in [0, 0.1) is 5.41 Å². The molecule has 0 radical (unpaired) electrons. The van der Waals surface area contributed by atoms with Crippen molar-refractivity contribution in [3.05, 3.63) is 65.1 Å². The fraction of sp³-hybridized carbons (Fsp3) is 0.387. The van der Waals surface area contributed by atoms with Crippen LogP contribution in [0.15, 0.2) is 59.5 Å². The summed E-state index contributed by atoms with van der Waals surface area (Å²) < 4.78 is 9.08. The molecule has 3 aromatic heterocycles. The van der Waals surface area contributed by atoms with Gasteiger partial charge >= 0.3 is 0 Å². The molecule has 1 spiro atoms. The number of aromatic nitrogens is 5. The lowest BCUT2D eigenvalue weighted by molar-refractivity contribution is -0.121. The summed E-state index contributed by atoms with van der Waals surface area (Å²) in [5, 5.41) is 3.69. The fourth-order valence-corrected chi connectivity index (χ4v) is 6.23. The molecule has 1 amide bonds. The summed E-state index contributed by atoms with van der Waals surface area (Å²) in [6.07, 6.45) is 8.66. The molecule has 12 nitrogen and oxygen atoms in total. The molecule has 0 unspecified atom stereocenters. The molecule has 0 atom stereocenters. The Hall–Kier alpha value is -4.71. The van der Waals surface area contributed by atoms with Crippen LogP contribution in [-0.2, 0) is 11.3 Å². The number of nitrogens with one attached hydrogen (secondary N) is 1. The van der Waals surface area contributed by atoms with E-state index in [1.807, 2.05) is 24.3 Å². The molecule has 220 valence electrons. The SMILES string of the molecule is CN1CCN(c2ccc(Nc3ncc4c(=O)n5n(c4n3)-c3ccc4c(n3)N(CC3(C/C=C\C5)CC3)C(=O)CO4)cc2)CC1. The predicted molar refractivity (Wildman–Crippen MR) is 164 cm³/mol. The van der Waals surface area contributed by atoms with Crippen LogP contribution in [0.4, 0.5) is 23.1 Å². The zero-order chi connectivity index (χ0) is 29.1. The van der Waals surface area contributed by atoms with Gasteiger partial charge in [-0.25, -0.2) is 19.3 Å². The summed E-state index contributed by atoms with van der Waals surface area (Å²) in [5.74, 6) is 1.80.